The molecule has 182 valence electrons. The van der Waals surface area contributed by atoms with Crippen LogP contribution < -0.4 is 5.56 Å². The first kappa shape index (κ1) is 23.4. The number of rotatable bonds is 4. The minimum atomic E-state index is -0.0676. The van der Waals surface area contributed by atoms with E-state index in [0.717, 1.165) is 46.3 Å². The number of pyridine rings is 1. The molecule has 1 aliphatic rings. The molecule has 4 heterocycles. The zero-order chi connectivity index (χ0) is 24.7. The maximum atomic E-state index is 13.4. The standard InChI is InChI=1S/C28H33N5O2/c1-18-19(2)26-24(27(34)32(17-30-26)23-8-10-35-11-9-23)13-21(18)12-20-6-7-25(29-14-20)22-15-31-33(16-22)28(3,4)5/h6-7,13-17,23H,8-12H2,1-5H3. The van der Waals surface area contributed by atoms with Gasteiger partial charge in [0.1, 0.15) is 0 Å². The summed E-state index contributed by atoms with van der Waals surface area (Å²) in [7, 11) is 0. The second-order valence-electron chi connectivity index (χ2n) is 10.6. The van der Waals surface area contributed by atoms with Gasteiger partial charge in [-0.2, -0.15) is 5.10 Å². The van der Waals surface area contributed by atoms with E-state index in [1.54, 1.807) is 10.9 Å². The molecule has 0 spiro atoms. The molecule has 0 unspecified atom stereocenters. The highest BCUT2D eigenvalue weighted by molar-refractivity contribution is 5.83. The highest BCUT2D eigenvalue weighted by Crippen LogP contribution is 2.26. The van der Waals surface area contributed by atoms with Crippen molar-refractivity contribution in [3.63, 3.8) is 0 Å². The highest BCUT2D eigenvalue weighted by Gasteiger charge is 2.20. The number of ether oxygens (including phenoxy) is 1. The van der Waals surface area contributed by atoms with Gasteiger partial charge in [-0.15, -0.1) is 0 Å². The van der Waals surface area contributed by atoms with Gasteiger partial charge in [0.2, 0.25) is 0 Å². The van der Waals surface area contributed by atoms with Gasteiger partial charge in [-0.05, 0) is 88.3 Å². The molecule has 35 heavy (non-hydrogen) atoms. The van der Waals surface area contributed by atoms with E-state index in [-0.39, 0.29) is 17.1 Å². The van der Waals surface area contributed by atoms with Crippen molar-refractivity contribution in [2.45, 2.75) is 65.5 Å². The predicted octanol–water partition coefficient (Wildman–Crippen LogP) is 4.97. The first-order chi connectivity index (χ1) is 16.7. The topological polar surface area (TPSA) is 74.8 Å². The Morgan fingerprint density at radius 2 is 1.83 bits per heavy atom. The molecule has 0 saturated carbocycles. The lowest BCUT2D eigenvalue weighted by atomic mass is 9.95. The van der Waals surface area contributed by atoms with Crippen molar-refractivity contribution in [1.82, 2.24) is 24.3 Å². The molecule has 3 aromatic heterocycles. The minimum Gasteiger partial charge on any atom is -0.381 e. The van der Waals surface area contributed by atoms with Gasteiger partial charge in [-0.1, -0.05) is 6.07 Å². The number of benzene rings is 1. The van der Waals surface area contributed by atoms with Crippen LogP contribution in [0.2, 0.25) is 0 Å². The quantitative estimate of drug-likeness (QED) is 0.420. The molecule has 0 radical (unpaired) electrons. The number of aryl methyl sites for hydroxylation is 1. The second-order valence-corrected chi connectivity index (χ2v) is 10.6. The van der Waals surface area contributed by atoms with Crippen LogP contribution in [0.15, 0.2) is 47.9 Å². The molecule has 0 amide bonds. The number of hydrogen-bond acceptors (Lipinski definition) is 5. The fourth-order valence-corrected chi connectivity index (χ4v) is 4.76. The largest absolute Gasteiger partial charge is 0.381 e. The predicted molar refractivity (Wildman–Crippen MR) is 138 cm³/mol. The van der Waals surface area contributed by atoms with Gasteiger partial charge in [0.25, 0.3) is 5.56 Å². The summed E-state index contributed by atoms with van der Waals surface area (Å²) in [6.45, 7) is 11.9. The Kier molecular flexibility index (Phi) is 6.05. The lowest BCUT2D eigenvalue weighted by Gasteiger charge is -2.24. The van der Waals surface area contributed by atoms with Crippen LogP contribution in [0.3, 0.4) is 0 Å². The summed E-state index contributed by atoms with van der Waals surface area (Å²) in [5.41, 5.74) is 7.14. The molecule has 0 aliphatic carbocycles. The van der Waals surface area contributed by atoms with E-state index < -0.39 is 0 Å². The molecule has 4 aromatic rings. The maximum absolute atomic E-state index is 13.4. The lowest BCUT2D eigenvalue weighted by molar-refractivity contribution is 0.0685. The third kappa shape index (κ3) is 4.52. The fourth-order valence-electron chi connectivity index (χ4n) is 4.76. The van der Waals surface area contributed by atoms with Crippen LogP contribution >= 0.6 is 0 Å². The normalized spacial score (nSPS) is 15.1. The Morgan fingerprint density at radius 1 is 1.06 bits per heavy atom. The Hall–Kier alpha value is -3.32. The Labute approximate surface area is 205 Å². The van der Waals surface area contributed by atoms with E-state index in [1.165, 1.54) is 5.56 Å². The first-order valence-corrected chi connectivity index (χ1v) is 12.3. The molecule has 1 saturated heterocycles. The zero-order valence-electron chi connectivity index (χ0n) is 21.2. The average molecular weight is 472 g/mol. The first-order valence-electron chi connectivity index (χ1n) is 12.3. The van der Waals surface area contributed by atoms with Gasteiger partial charge < -0.3 is 4.74 Å². The van der Waals surface area contributed by atoms with Crippen molar-refractivity contribution in [1.29, 1.82) is 0 Å². The molecule has 0 N–H and O–H groups in total. The summed E-state index contributed by atoms with van der Waals surface area (Å²) in [5, 5.41) is 5.18. The molecule has 7 nitrogen and oxygen atoms in total. The van der Waals surface area contributed by atoms with Gasteiger partial charge in [0.15, 0.2) is 0 Å². The van der Waals surface area contributed by atoms with Gasteiger partial charge in [0, 0.05) is 37.2 Å². The highest BCUT2D eigenvalue weighted by atomic mass is 16.5. The van der Waals surface area contributed by atoms with Crippen molar-refractivity contribution in [3.8, 4) is 11.3 Å². The molecule has 1 aromatic carbocycles. The van der Waals surface area contributed by atoms with Gasteiger partial charge in [-0.25, -0.2) is 4.98 Å². The lowest BCUT2D eigenvalue weighted by Crippen LogP contribution is -2.29. The molecule has 0 atom stereocenters. The van der Waals surface area contributed by atoms with Crippen molar-refractivity contribution in [2.75, 3.05) is 13.2 Å². The van der Waals surface area contributed by atoms with E-state index in [0.29, 0.717) is 25.0 Å². The Bertz CT molecular complexity index is 1420. The summed E-state index contributed by atoms with van der Waals surface area (Å²) < 4.78 is 9.24. The van der Waals surface area contributed by atoms with Crippen LogP contribution in [0, 0.1) is 13.8 Å². The number of hydrogen-bond donors (Lipinski definition) is 0. The fraction of sp³-hybridized carbons (Fsp3) is 0.429. The number of aromatic nitrogens is 5. The van der Waals surface area contributed by atoms with Crippen LogP contribution in [0.4, 0.5) is 0 Å². The summed E-state index contributed by atoms with van der Waals surface area (Å²) in [6, 6.07) is 6.34. The zero-order valence-corrected chi connectivity index (χ0v) is 21.2. The summed E-state index contributed by atoms with van der Waals surface area (Å²) in [4.78, 5) is 22.8. The third-order valence-corrected chi connectivity index (χ3v) is 7.12. The van der Waals surface area contributed by atoms with Crippen molar-refractivity contribution >= 4 is 10.9 Å². The molecule has 1 aliphatic heterocycles. The molecule has 1 fully saturated rings. The van der Waals surface area contributed by atoms with Crippen LogP contribution in [0.5, 0.6) is 0 Å². The number of fused-ring (bicyclic) bond motifs is 1. The molecular formula is C28H33N5O2. The molecular weight excluding hydrogens is 438 g/mol. The second kappa shape index (κ2) is 9.04. The summed E-state index contributed by atoms with van der Waals surface area (Å²) >= 11 is 0. The third-order valence-electron chi connectivity index (χ3n) is 7.12. The van der Waals surface area contributed by atoms with Crippen LogP contribution in [0.25, 0.3) is 22.2 Å². The summed E-state index contributed by atoms with van der Waals surface area (Å²) in [6.07, 6.45) is 9.94. The molecule has 5 rings (SSSR count). The summed E-state index contributed by atoms with van der Waals surface area (Å²) in [5.74, 6) is 0. The van der Waals surface area contributed by atoms with Crippen molar-refractivity contribution in [2.24, 2.45) is 0 Å². The van der Waals surface area contributed by atoms with E-state index in [4.69, 9.17) is 14.7 Å². The minimum absolute atomic E-state index is 0.0376. The van der Waals surface area contributed by atoms with Crippen molar-refractivity contribution < 1.29 is 4.74 Å². The molecule has 0 bridgehead atoms. The van der Waals surface area contributed by atoms with E-state index in [1.807, 2.05) is 35.4 Å². The van der Waals surface area contributed by atoms with Gasteiger partial charge >= 0.3 is 0 Å². The Morgan fingerprint density at radius 3 is 2.49 bits per heavy atom. The van der Waals surface area contributed by atoms with Crippen LogP contribution in [0.1, 0.15) is 61.9 Å². The van der Waals surface area contributed by atoms with E-state index in [9.17, 15) is 4.79 Å². The smallest absolute Gasteiger partial charge is 0.261 e. The number of nitrogens with zero attached hydrogens (tertiary/aromatic N) is 5. The van der Waals surface area contributed by atoms with E-state index in [2.05, 4.69) is 45.8 Å². The van der Waals surface area contributed by atoms with Crippen molar-refractivity contribution in [3.05, 3.63) is 75.7 Å². The SMILES string of the molecule is Cc1c(Cc2ccc(-c3cnn(C(C)(C)C)c3)nc2)cc2c(=O)n(C3CCOCC3)cnc2c1C. The Balaban J connectivity index is 1.45. The average Bonchev–Trinajstić information content (AvgIpc) is 3.35. The van der Waals surface area contributed by atoms with Crippen LogP contribution in [-0.4, -0.2) is 37.5 Å². The van der Waals surface area contributed by atoms with Gasteiger partial charge in [-0.3, -0.25) is 19.0 Å². The van der Waals surface area contributed by atoms with Crippen LogP contribution in [-0.2, 0) is 16.7 Å². The van der Waals surface area contributed by atoms with E-state index >= 15 is 0 Å². The van der Waals surface area contributed by atoms with Gasteiger partial charge in [0.05, 0.1) is 34.7 Å². The molecule has 7 heteroatoms. The maximum Gasteiger partial charge on any atom is 0.261 e. The monoisotopic (exact) mass is 471 g/mol.